The van der Waals surface area contributed by atoms with E-state index in [1.165, 1.54) is 0 Å². The first-order chi connectivity index (χ1) is 15.5. The Hall–Kier alpha value is -3.06. The van der Waals surface area contributed by atoms with Crippen molar-refractivity contribution in [2.75, 3.05) is 47.6 Å². The molecule has 0 bridgehead atoms. The van der Waals surface area contributed by atoms with Crippen molar-refractivity contribution >= 4 is 11.8 Å². The lowest BCUT2D eigenvalue weighted by Crippen LogP contribution is -2.36. The van der Waals surface area contributed by atoms with Crippen molar-refractivity contribution in [3.05, 3.63) is 59.2 Å². The van der Waals surface area contributed by atoms with Crippen molar-refractivity contribution in [3.63, 3.8) is 0 Å². The second-order valence-corrected chi connectivity index (χ2v) is 7.98. The van der Waals surface area contributed by atoms with Gasteiger partial charge >= 0.3 is 0 Å². The maximum atomic E-state index is 13.3. The van der Waals surface area contributed by atoms with Crippen LogP contribution in [0.25, 0.3) is 0 Å². The number of ether oxygens (including phenoxy) is 3. The maximum Gasteiger partial charge on any atom is 0.254 e. The summed E-state index contributed by atoms with van der Waals surface area (Å²) in [6.45, 7) is 3.82. The quantitative estimate of drug-likeness (QED) is 0.607. The molecule has 0 saturated carbocycles. The number of benzene rings is 2. The Kier molecular flexibility index (Phi) is 8.11. The van der Waals surface area contributed by atoms with Crippen molar-refractivity contribution in [2.24, 2.45) is 5.92 Å². The van der Waals surface area contributed by atoms with Crippen LogP contribution in [0.5, 0.6) is 11.5 Å². The minimum atomic E-state index is -0.382. The van der Waals surface area contributed by atoms with Gasteiger partial charge in [-0.15, -0.1) is 0 Å². The number of rotatable bonds is 9. The molecule has 0 radical (unpaired) electrons. The molecular weight excluding hydrogens is 408 g/mol. The monoisotopic (exact) mass is 440 g/mol. The van der Waals surface area contributed by atoms with Gasteiger partial charge in [0.2, 0.25) is 5.91 Å². The lowest BCUT2D eigenvalue weighted by molar-refractivity contribution is -0.124. The summed E-state index contributed by atoms with van der Waals surface area (Å²) in [5.74, 6) is 0.632. The van der Waals surface area contributed by atoms with Gasteiger partial charge in [-0.05, 0) is 31.0 Å². The molecule has 2 amide bonds. The molecule has 1 N–H and O–H groups in total. The average molecular weight is 441 g/mol. The molecule has 0 spiro atoms. The fourth-order valence-corrected chi connectivity index (χ4v) is 4.22. The molecule has 7 nitrogen and oxygen atoms in total. The van der Waals surface area contributed by atoms with Gasteiger partial charge in [-0.2, -0.15) is 0 Å². The van der Waals surface area contributed by atoms with Gasteiger partial charge in [0.1, 0.15) is 11.5 Å². The standard InChI is InChI=1S/C25H32N2O5/c1-17-8-5-6-9-19(17)25(29)27-15-21(20-11-10-18(31-3)14-23(20)32-4)22(16-27)24(28)26-12-7-13-30-2/h5-6,8-11,14,21-22H,7,12-13,15-16H2,1-4H3,(H,26,28). The number of nitrogens with one attached hydrogen (secondary N) is 1. The smallest absolute Gasteiger partial charge is 0.254 e. The summed E-state index contributed by atoms with van der Waals surface area (Å²) in [5.41, 5.74) is 2.48. The van der Waals surface area contributed by atoms with Crippen LogP contribution in [0.2, 0.25) is 0 Å². The van der Waals surface area contributed by atoms with Crippen LogP contribution in [0.3, 0.4) is 0 Å². The van der Waals surface area contributed by atoms with E-state index in [-0.39, 0.29) is 23.7 Å². The molecule has 7 heteroatoms. The van der Waals surface area contributed by atoms with Gasteiger partial charge in [-0.3, -0.25) is 9.59 Å². The van der Waals surface area contributed by atoms with Crippen LogP contribution < -0.4 is 14.8 Å². The zero-order chi connectivity index (χ0) is 23.1. The van der Waals surface area contributed by atoms with E-state index in [0.717, 1.165) is 17.5 Å². The largest absolute Gasteiger partial charge is 0.497 e. The van der Waals surface area contributed by atoms with Crippen LogP contribution in [-0.2, 0) is 9.53 Å². The summed E-state index contributed by atoms with van der Waals surface area (Å²) in [6.07, 6.45) is 0.733. The second kappa shape index (κ2) is 11.0. The van der Waals surface area contributed by atoms with Gasteiger partial charge in [0.15, 0.2) is 0 Å². The van der Waals surface area contributed by atoms with Gasteiger partial charge in [-0.25, -0.2) is 0 Å². The van der Waals surface area contributed by atoms with Gasteiger partial charge in [-0.1, -0.05) is 24.3 Å². The Balaban J connectivity index is 1.88. The van der Waals surface area contributed by atoms with Gasteiger partial charge in [0, 0.05) is 56.5 Å². The first-order valence-electron chi connectivity index (χ1n) is 10.8. The van der Waals surface area contributed by atoms with E-state index in [1.54, 1.807) is 26.2 Å². The molecule has 1 fully saturated rings. The third-order valence-electron chi connectivity index (χ3n) is 5.98. The highest BCUT2D eigenvalue weighted by Crippen LogP contribution is 2.39. The Bertz CT molecular complexity index is 946. The Morgan fingerprint density at radius 3 is 2.53 bits per heavy atom. The summed E-state index contributed by atoms with van der Waals surface area (Å²) in [4.78, 5) is 28.2. The molecule has 1 aliphatic rings. The van der Waals surface area contributed by atoms with E-state index < -0.39 is 0 Å². The van der Waals surface area contributed by atoms with Crippen LogP contribution in [0.1, 0.15) is 33.8 Å². The molecule has 3 rings (SSSR count). The van der Waals surface area contributed by atoms with Crippen LogP contribution in [0.15, 0.2) is 42.5 Å². The molecule has 2 atom stereocenters. The third kappa shape index (κ3) is 5.22. The predicted molar refractivity (Wildman–Crippen MR) is 122 cm³/mol. The Labute approximate surface area is 189 Å². The van der Waals surface area contributed by atoms with Crippen molar-refractivity contribution in [2.45, 2.75) is 19.3 Å². The predicted octanol–water partition coefficient (Wildman–Crippen LogP) is 3.02. The van der Waals surface area contributed by atoms with E-state index in [0.29, 0.717) is 43.3 Å². The number of hydrogen-bond acceptors (Lipinski definition) is 5. The number of carbonyl (C=O) groups excluding carboxylic acids is 2. The zero-order valence-corrected chi connectivity index (χ0v) is 19.2. The summed E-state index contributed by atoms with van der Waals surface area (Å²) in [6, 6.07) is 13.1. The summed E-state index contributed by atoms with van der Waals surface area (Å²) in [5, 5.41) is 3.01. The Morgan fingerprint density at radius 1 is 1.06 bits per heavy atom. The number of methoxy groups -OCH3 is 3. The summed E-state index contributed by atoms with van der Waals surface area (Å²) < 4.78 is 16.0. The molecule has 2 unspecified atom stereocenters. The van der Waals surface area contributed by atoms with Gasteiger partial charge in [0.05, 0.1) is 20.1 Å². The molecule has 1 aliphatic heterocycles. The van der Waals surface area contributed by atoms with Gasteiger partial charge < -0.3 is 24.4 Å². The van der Waals surface area contributed by atoms with Crippen molar-refractivity contribution in [1.82, 2.24) is 10.2 Å². The normalized spacial score (nSPS) is 17.8. The van der Waals surface area contributed by atoms with Crippen LogP contribution in [-0.4, -0.2) is 64.3 Å². The molecule has 1 heterocycles. The molecule has 0 aliphatic carbocycles. The van der Waals surface area contributed by atoms with E-state index in [4.69, 9.17) is 14.2 Å². The highest BCUT2D eigenvalue weighted by Gasteiger charge is 2.41. The van der Waals surface area contributed by atoms with Crippen molar-refractivity contribution < 1.29 is 23.8 Å². The lowest BCUT2D eigenvalue weighted by atomic mass is 9.87. The molecule has 0 aromatic heterocycles. The topological polar surface area (TPSA) is 77.1 Å². The summed E-state index contributed by atoms with van der Waals surface area (Å²) in [7, 11) is 4.84. The number of amides is 2. The van der Waals surface area contributed by atoms with Crippen molar-refractivity contribution in [3.8, 4) is 11.5 Å². The molecule has 32 heavy (non-hydrogen) atoms. The highest BCUT2D eigenvalue weighted by atomic mass is 16.5. The van der Waals surface area contributed by atoms with E-state index in [1.807, 2.05) is 49.4 Å². The summed E-state index contributed by atoms with van der Waals surface area (Å²) >= 11 is 0. The number of hydrogen-bond donors (Lipinski definition) is 1. The minimum Gasteiger partial charge on any atom is -0.497 e. The SMILES string of the molecule is COCCCNC(=O)C1CN(C(=O)c2ccccc2C)CC1c1ccc(OC)cc1OC. The molecule has 172 valence electrons. The number of carbonyl (C=O) groups is 2. The molecule has 2 aromatic rings. The highest BCUT2D eigenvalue weighted by molar-refractivity contribution is 5.96. The number of aryl methyl sites for hydroxylation is 1. The van der Waals surface area contributed by atoms with Crippen LogP contribution >= 0.6 is 0 Å². The zero-order valence-electron chi connectivity index (χ0n) is 19.2. The second-order valence-electron chi connectivity index (χ2n) is 7.98. The molecular formula is C25H32N2O5. The van der Waals surface area contributed by atoms with Gasteiger partial charge in [0.25, 0.3) is 5.91 Å². The van der Waals surface area contributed by atoms with Crippen LogP contribution in [0.4, 0.5) is 0 Å². The lowest BCUT2D eigenvalue weighted by Gasteiger charge is -2.21. The number of nitrogens with zero attached hydrogens (tertiary/aromatic N) is 1. The Morgan fingerprint density at radius 2 is 1.84 bits per heavy atom. The van der Waals surface area contributed by atoms with Crippen molar-refractivity contribution in [1.29, 1.82) is 0 Å². The fraction of sp³-hybridized carbons (Fsp3) is 0.440. The average Bonchev–Trinajstić information content (AvgIpc) is 3.26. The fourth-order valence-electron chi connectivity index (χ4n) is 4.22. The van der Waals surface area contributed by atoms with E-state index in [2.05, 4.69) is 5.32 Å². The van der Waals surface area contributed by atoms with E-state index in [9.17, 15) is 9.59 Å². The number of likely N-dealkylation sites (tertiary alicyclic amines) is 1. The first kappa shape index (κ1) is 23.6. The van der Waals surface area contributed by atoms with E-state index >= 15 is 0 Å². The molecule has 2 aromatic carbocycles. The maximum absolute atomic E-state index is 13.3. The minimum absolute atomic E-state index is 0.0599. The van der Waals surface area contributed by atoms with Crippen LogP contribution in [0, 0.1) is 12.8 Å². The molecule has 1 saturated heterocycles. The first-order valence-corrected chi connectivity index (χ1v) is 10.8. The third-order valence-corrected chi connectivity index (χ3v) is 5.98.